The maximum atomic E-state index is 12.9. The molecule has 0 amide bonds. The molecule has 0 unspecified atom stereocenters. The third-order valence-corrected chi connectivity index (χ3v) is 17.0. The van der Waals surface area contributed by atoms with Crippen LogP contribution in [0, 0.1) is 6.92 Å². The van der Waals surface area contributed by atoms with E-state index in [2.05, 4.69) is 63.2 Å². The van der Waals surface area contributed by atoms with Crippen LogP contribution in [0.3, 0.4) is 0 Å². The molecule has 1 nitrogen and oxygen atoms in total. The molecule has 136 valence electrons. The molecule has 26 heavy (non-hydrogen) atoms. The molecule has 0 aromatic heterocycles. The van der Waals surface area contributed by atoms with Gasteiger partial charge in [0.1, 0.15) is 0 Å². The van der Waals surface area contributed by atoms with Gasteiger partial charge in [0.05, 0.1) is 0 Å². The summed E-state index contributed by atoms with van der Waals surface area (Å²) in [4.78, 5) is 12.9. The third-order valence-electron chi connectivity index (χ3n) is 5.74. The molecule has 2 aromatic carbocycles. The second kappa shape index (κ2) is 8.39. The van der Waals surface area contributed by atoms with Crippen molar-refractivity contribution < 1.29 is 4.79 Å². The van der Waals surface area contributed by atoms with Gasteiger partial charge < -0.3 is 0 Å². The summed E-state index contributed by atoms with van der Waals surface area (Å²) in [6.45, 7) is 6.72. The van der Waals surface area contributed by atoms with Crippen molar-refractivity contribution in [3.05, 3.63) is 71.3 Å². The molecule has 1 aliphatic rings. The van der Waals surface area contributed by atoms with Crippen molar-refractivity contribution in [1.82, 2.24) is 0 Å². The minimum atomic E-state index is -2.60. The first-order valence-electron chi connectivity index (χ1n) is 10.1. The van der Waals surface area contributed by atoms with Gasteiger partial charge in [0.25, 0.3) is 0 Å². The number of benzene rings is 2. The van der Waals surface area contributed by atoms with Crippen molar-refractivity contribution in [2.75, 3.05) is 0 Å². The van der Waals surface area contributed by atoms with Crippen LogP contribution in [0.4, 0.5) is 0 Å². The minimum absolute atomic E-state index is 0.200. The summed E-state index contributed by atoms with van der Waals surface area (Å²) < 4.78 is 2.85. The van der Waals surface area contributed by atoms with E-state index in [0.717, 1.165) is 5.56 Å². The molecule has 0 saturated carbocycles. The van der Waals surface area contributed by atoms with Crippen molar-refractivity contribution in [2.24, 2.45) is 0 Å². The van der Waals surface area contributed by atoms with Gasteiger partial charge in [-0.1, -0.05) is 0 Å². The summed E-state index contributed by atoms with van der Waals surface area (Å²) in [5, 5.41) is 2.58. The number of carbonyl (C=O) groups is 1. The molecule has 0 aliphatic carbocycles. The normalized spacial score (nSPS) is 15.5. The summed E-state index contributed by atoms with van der Waals surface area (Å²) in [5.74, 6) is 0.200. The zero-order valence-corrected chi connectivity index (χ0v) is 18.4. The van der Waals surface area contributed by atoms with Crippen LogP contribution in [0.25, 0.3) is 4.41 Å². The van der Waals surface area contributed by atoms with Gasteiger partial charge in [0.15, 0.2) is 0 Å². The van der Waals surface area contributed by atoms with E-state index in [1.54, 1.807) is 0 Å². The number of allylic oxidation sites excluding steroid dienone is 1. The number of hydrogen-bond donors (Lipinski definition) is 0. The summed E-state index contributed by atoms with van der Waals surface area (Å²) in [6.07, 6.45) is 6.97. The Morgan fingerprint density at radius 1 is 0.885 bits per heavy atom. The first kappa shape index (κ1) is 19.2. The first-order chi connectivity index (χ1) is 12.6. The Morgan fingerprint density at radius 2 is 1.58 bits per heavy atom. The fraction of sp³-hybridized carbons (Fsp3) is 0.375. The Labute approximate surface area is 160 Å². The van der Waals surface area contributed by atoms with E-state index in [1.165, 1.54) is 56.1 Å². The molecule has 3 rings (SSSR count). The predicted molar refractivity (Wildman–Crippen MR) is 115 cm³/mol. The predicted octanol–water partition coefficient (Wildman–Crippen LogP) is 6.07. The van der Waals surface area contributed by atoms with Gasteiger partial charge in [0, 0.05) is 0 Å². The molecule has 0 radical (unpaired) electrons. The Hall–Kier alpha value is -1.61. The fourth-order valence-electron chi connectivity index (χ4n) is 4.40. The average Bonchev–Trinajstić information content (AvgIpc) is 2.66. The zero-order chi connectivity index (χ0) is 18.6. The van der Waals surface area contributed by atoms with Crippen LogP contribution < -0.4 is 4.40 Å². The SMILES string of the molecule is CCC[CH2][Ge]1([CH2]CCC)[C](c2cccc(C)c2)=CC(=O)c2cccc[c]21. The third kappa shape index (κ3) is 3.59. The summed E-state index contributed by atoms with van der Waals surface area (Å²) >= 11 is -2.60. The van der Waals surface area contributed by atoms with E-state index >= 15 is 0 Å². The quantitative estimate of drug-likeness (QED) is 0.510. The summed E-state index contributed by atoms with van der Waals surface area (Å²) in [7, 11) is 0. The van der Waals surface area contributed by atoms with Crippen molar-refractivity contribution >= 4 is 27.9 Å². The number of aryl methyl sites for hydroxylation is 1. The van der Waals surface area contributed by atoms with E-state index in [4.69, 9.17) is 0 Å². The molecule has 0 atom stereocenters. The molecule has 2 heteroatoms. The van der Waals surface area contributed by atoms with Gasteiger partial charge in [-0.2, -0.15) is 0 Å². The topological polar surface area (TPSA) is 17.1 Å². The molecule has 0 fully saturated rings. The van der Waals surface area contributed by atoms with Crippen LogP contribution in [0.1, 0.15) is 61.0 Å². The van der Waals surface area contributed by atoms with Crippen LogP contribution in [0.5, 0.6) is 0 Å². The van der Waals surface area contributed by atoms with E-state index in [-0.39, 0.29) is 5.78 Å². The number of unbranched alkanes of at least 4 members (excludes halogenated alkanes) is 2. The Balaban J connectivity index is 2.23. The van der Waals surface area contributed by atoms with Gasteiger partial charge in [0.2, 0.25) is 0 Å². The molecular formula is C24H30GeO. The van der Waals surface area contributed by atoms with E-state index in [1.807, 2.05) is 12.1 Å². The van der Waals surface area contributed by atoms with E-state index in [9.17, 15) is 4.79 Å². The van der Waals surface area contributed by atoms with Crippen LogP contribution in [-0.2, 0) is 0 Å². The average molecular weight is 407 g/mol. The zero-order valence-electron chi connectivity index (χ0n) is 16.3. The number of hydrogen-bond acceptors (Lipinski definition) is 1. The van der Waals surface area contributed by atoms with Crippen LogP contribution in [-0.4, -0.2) is 19.0 Å². The number of fused-ring (bicyclic) bond motifs is 1. The molecule has 1 heterocycles. The molecule has 0 spiro atoms. The monoisotopic (exact) mass is 408 g/mol. The van der Waals surface area contributed by atoms with E-state index < -0.39 is 13.3 Å². The summed E-state index contributed by atoms with van der Waals surface area (Å²) in [6, 6.07) is 17.3. The van der Waals surface area contributed by atoms with Gasteiger partial charge in [-0.3, -0.25) is 0 Å². The van der Waals surface area contributed by atoms with Crippen molar-refractivity contribution in [2.45, 2.75) is 57.0 Å². The van der Waals surface area contributed by atoms with E-state index in [0.29, 0.717) is 0 Å². The molecule has 1 aliphatic heterocycles. The van der Waals surface area contributed by atoms with Gasteiger partial charge in [-0.15, -0.1) is 0 Å². The van der Waals surface area contributed by atoms with Gasteiger partial charge in [-0.05, 0) is 0 Å². The Kier molecular flexibility index (Phi) is 6.18. The van der Waals surface area contributed by atoms with Crippen LogP contribution in [0.15, 0.2) is 54.6 Å². The number of carbonyl (C=O) groups excluding carboxylic acids is 1. The first-order valence-corrected chi connectivity index (χ1v) is 15.1. The fourth-order valence-corrected chi connectivity index (χ4v) is 16.5. The number of rotatable bonds is 7. The molecule has 2 aromatic rings. The van der Waals surface area contributed by atoms with Crippen molar-refractivity contribution in [3.8, 4) is 0 Å². The van der Waals surface area contributed by atoms with Crippen molar-refractivity contribution in [3.63, 3.8) is 0 Å². The van der Waals surface area contributed by atoms with Crippen LogP contribution in [0.2, 0.25) is 10.5 Å². The second-order valence-corrected chi connectivity index (χ2v) is 16.5. The molecule has 0 bridgehead atoms. The molecule has 0 saturated heterocycles. The molecule has 0 N–H and O–H groups in total. The van der Waals surface area contributed by atoms with Crippen molar-refractivity contribution in [1.29, 1.82) is 0 Å². The Bertz CT molecular complexity index is 810. The second-order valence-electron chi connectivity index (χ2n) is 7.63. The standard InChI is InChI=1S/C24H30GeO/c1-4-6-15-25(16-7-5-2)22-14-9-8-13-21(22)24(26)18-23(25)20-12-10-11-19(3)17-20/h8-14,17-18H,4-7,15-16H2,1-3H3. The number of ketones is 1. The maximum absolute atomic E-state index is 12.9. The summed E-state index contributed by atoms with van der Waals surface area (Å²) in [5.41, 5.74) is 3.55. The van der Waals surface area contributed by atoms with Crippen LogP contribution >= 0.6 is 0 Å². The van der Waals surface area contributed by atoms with Gasteiger partial charge in [-0.25, -0.2) is 0 Å². The Morgan fingerprint density at radius 3 is 2.23 bits per heavy atom. The van der Waals surface area contributed by atoms with Gasteiger partial charge >= 0.3 is 161 Å². The molecular weight excluding hydrogens is 377 g/mol.